The second-order valence-electron chi connectivity index (χ2n) is 3.45. The highest BCUT2D eigenvalue weighted by atomic mass is 79.9. The van der Waals surface area contributed by atoms with Gasteiger partial charge in [-0.25, -0.2) is 0 Å². The number of rotatable bonds is 2. The minimum Gasteiger partial charge on any atom is -0.340 e. The van der Waals surface area contributed by atoms with Crippen LogP contribution in [0, 0.1) is 11.8 Å². The van der Waals surface area contributed by atoms with Crippen LogP contribution in [-0.4, -0.2) is 12.5 Å². The summed E-state index contributed by atoms with van der Waals surface area (Å²) in [7, 11) is 0. The maximum Gasteiger partial charge on any atom is 0.262 e. The lowest BCUT2D eigenvalue weighted by Crippen LogP contribution is -2.22. The molecule has 1 aromatic carbocycles. The highest BCUT2D eigenvalue weighted by molar-refractivity contribution is 9.11. The van der Waals surface area contributed by atoms with E-state index in [1.54, 1.807) is 6.07 Å². The van der Waals surface area contributed by atoms with Crippen LogP contribution in [0.4, 0.5) is 0 Å². The van der Waals surface area contributed by atoms with Gasteiger partial charge in [0.2, 0.25) is 0 Å². The van der Waals surface area contributed by atoms with Crippen LogP contribution < -0.4 is 5.32 Å². The Bertz CT molecular complexity index is 595. The van der Waals surface area contributed by atoms with Crippen molar-refractivity contribution in [3.63, 3.8) is 0 Å². The molecule has 18 heavy (non-hydrogen) atoms. The van der Waals surface area contributed by atoms with Crippen LogP contribution in [0.5, 0.6) is 0 Å². The summed E-state index contributed by atoms with van der Waals surface area (Å²) < 4.78 is 0.947. The van der Waals surface area contributed by atoms with Crippen molar-refractivity contribution in [3.8, 4) is 11.8 Å². The Morgan fingerprint density at radius 3 is 2.67 bits per heavy atom. The van der Waals surface area contributed by atoms with Crippen LogP contribution in [0.1, 0.15) is 15.2 Å². The van der Waals surface area contributed by atoms with Gasteiger partial charge >= 0.3 is 0 Å². The molecular weight excluding hydrogens is 310 g/mol. The molecule has 0 aliphatic heterocycles. The van der Waals surface area contributed by atoms with Gasteiger partial charge in [0.05, 0.1) is 15.2 Å². The third kappa shape index (κ3) is 3.73. The van der Waals surface area contributed by atoms with Gasteiger partial charge in [0.15, 0.2) is 0 Å². The van der Waals surface area contributed by atoms with E-state index in [9.17, 15) is 4.79 Å². The highest BCUT2D eigenvalue weighted by Crippen LogP contribution is 2.21. The molecule has 0 aliphatic carbocycles. The monoisotopic (exact) mass is 319 g/mol. The van der Waals surface area contributed by atoms with E-state index in [0.29, 0.717) is 11.4 Å². The molecule has 0 radical (unpaired) electrons. The lowest BCUT2D eigenvalue weighted by molar-refractivity contribution is 0.0962. The first-order chi connectivity index (χ1) is 8.75. The number of nitrogens with one attached hydrogen (secondary N) is 1. The van der Waals surface area contributed by atoms with Gasteiger partial charge < -0.3 is 5.32 Å². The molecule has 0 aliphatic rings. The molecule has 2 nitrogen and oxygen atoms in total. The van der Waals surface area contributed by atoms with Crippen LogP contribution in [0.15, 0.2) is 46.3 Å². The van der Waals surface area contributed by atoms with E-state index < -0.39 is 0 Å². The van der Waals surface area contributed by atoms with Crippen molar-refractivity contribution in [1.82, 2.24) is 5.32 Å². The third-order valence-electron chi connectivity index (χ3n) is 2.14. The quantitative estimate of drug-likeness (QED) is 0.845. The van der Waals surface area contributed by atoms with Gasteiger partial charge in [0.25, 0.3) is 5.91 Å². The molecule has 4 heteroatoms. The topological polar surface area (TPSA) is 29.1 Å². The van der Waals surface area contributed by atoms with Crippen molar-refractivity contribution in [3.05, 3.63) is 56.7 Å². The SMILES string of the molecule is O=C(NCC#Cc1ccccc1)c1ccc(Br)s1. The predicted molar refractivity (Wildman–Crippen MR) is 77.7 cm³/mol. The molecule has 90 valence electrons. The first-order valence-electron chi connectivity index (χ1n) is 5.33. The summed E-state index contributed by atoms with van der Waals surface area (Å²) in [5.74, 6) is 5.82. The molecule has 0 atom stereocenters. The third-order valence-corrected chi connectivity index (χ3v) is 3.76. The van der Waals surface area contributed by atoms with E-state index in [1.165, 1.54) is 11.3 Å². The summed E-state index contributed by atoms with van der Waals surface area (Å²) in [5, 5.41) is 2.76. The molecule has 0 saturated carbocycles. The summed E-state index contributed by atoms with van der Waals surface area (Å²) in [6.45, 7) is 0.350. The van der Waals surface area contributed by atoms with Crippen LogP contribution in [-0.2, 0) is 0 Å². The fourth-order valence-corrected chi connectivity index (χ4v) is 2.62. The van der Waals surface area contributed by atoms with Gasteiger partial charge in [-0.15, -0.1) is 11.3 Å². The lowest BCUT2D eigenvalue weighted by Gasteiger charge is -1.96. The van der Waals surface area contributed by atoms with Crippen molar-refractivity contribution in [1.29, 1.82) is 0 Å². The van der Waals surface area contributed by atoms with E-state index >= 15 is 0 Å². The van der Waals surface area contributed by atoms with Crippen LogP contribution in [0.25, 0.3) is 0 Å². The number of amides is 1. The van der Waals surface area contributed by atoms with Gasteiger partial charge in [-0.05, 0) is 40.2 Å². The van der Waals surface area contributed by atoms with E-state index in [-0.39, 0.29) is 5.91 Å². The highest BCUT2D eigenvalue weighted by Gasteiger charge is 2.06. The molecule has 1 amide bonds. The predicted octanol–water partition coefficient (Wildman–Crippen LogP) is 3.29. The number of hydrogen-bond donors (Lipinski definition) is 1. The van der Waals surface area contributed by atoms with E-state index in [2.05, 4.69) is 33.1 Å². The molecule has 0 bridgehead atoms. The first kappa shape index (κ1) is 12.9. The number of halogens is 1. The molecule has 0 spiro atoms. The van der Waals surface area contributed by atoms with E-state index in [4.69, 9.17) is 0 Å². The zero-order valence-electron chi connectivity index (χ0n) is 9.44. The Morgan fingerprint density at radius 2 is 2.00 bits per heavy atom. The number of carbonyl (C=O) groups is 1. The molecule has 0 saturated heterocycles. The summed E-state index contributed by atoms with van der Waals surface area (Å²) in [6, 6.07) is 13.3. The Balaban J connectivity index is 1.86. The van der Waals surface area contributed by atoms with Crippen LogP contribution in [0.3, 0.4) is 0 Å². The molecule has 0 unspecified atom stereocenters. The number of thiophene rings is 1. The summed E-state index contributed by atoms with van der Waals surface area (Å²) >= 11 is 4.73. The smallest absolute Gasteiger partial charge is 0.262 e. The average Bonchev–Trinajstić information content (AvgIpc) is 2.82. The second kappa shape index (κ2) is 6.39. The van der Waals surface area contributed by atoms with Crippen molar-refractivity contribution >= 4 is 33.2 Å². The van der Waals surface area contributed by atoms with E-state index in [1.807, 2.05) is 36.4 Å². The van der Waals surface area contributed by atoms with Crippen LogP contribution >= 0.6 is 27.3 Å². The maximum absolute atomic E-state index is 11.7. The summed E-state index contributed by atoms with van der Waals surface area (Å²) in [4.78, 5) is 12.4. The molecule has 1 N–H and O–H groups in total. The van der Waals surface area contributed by atoms with Gasteiger partial charge in [0, 0.05) is 5.56 Å². The van der Waals surface area contributed by atoms with Gasteiger partial charge in [0.1, 0.15) is 0 Å². The fourth-order valence-electron chi connectivity index (χ4n) is 1.32. The second-order valence-corrected chi connectivity index (χ2v) is 5.92. The maximum atomic E-state index is 11.7. The Morgan fingerprint density at radius 1 is 1.22 bits per heavy atom. The molecule has 0 fully saturated rings. The molecular formula is C14H10BrNOS. The van der Waals surface area contributed by atoms with Crippen molar-refractivity contribution < 1.29 is 4.79 Å². The molecule has 1 heterocycles. The Kier molecular flexibility index (Phi) is 4.57. The molecule has 2 rings (SSSR count). The largest absolute Gasteiger partial charge is 0.340 e. The summed E-state index contributed by atoms with van der Waals surface area (Å²) in [6.07, 6.45) is 0. The van der Waals surface area contributed by atoms with Gasteiger partial charge in [-0.2, -0.15) is 0 Å². The zero-order valence-corrected chi connectivity index (χ0v) is 11.8. The normalized spacial score (nSPS) is 9.39. The lowest BCUT2D eigenvalue weighted by atomic mass is 10.2. The van der Waals surface area contributed by atoms with Gasteiger partial charge in [-0.3, -0.25) is 4.79 Å². The number of carbonyl (C=O) groups excluding carboxylic acids is 1. The minimum atomic E-state index is -0.0898. The minimum absolute atomic E-state index is 0.0898. The van der Waals surface area contributed by atoms with E-state index in [0.717, 1.165) is 9.35 Å². The summed E-state index contributed by atoms with van der Waals surface area (Å²) in [5.41, 5.74) is 0.950. The zero-order chi connectivity index (χ0) is 12.8. The van der Waals surface area contributed by atoms with Crippen LogP contribution in [0.2, 0.25) is 0 Å². The molecule has 2 aromatic rings. The number of hydrogen-bond acceptors (Lipinski definition) is 2. The molecule has 1 aromatic heterocycles. The fraction of sp³-hybridized carbons (Fsp3) is 0.0714. The van der Waals surface area contributed by atoms with Crippen molar-refractivity contribution in [2.45, 2.75) is 0 Å². The first-order valence-corrected chi connectivity index (χ1v) is 6.94. The Hall–Kier alpha value is -1.57. The number of benzene rings is 1. The van der Waals surface area contributed by atoms with Gasteiger partial charge in [-0.1, -0.05) is 30.0 Å². The van der Waals surface area contributed by atoms with Crippen molar-refractivity contribution in [2.24, 2.45) is 0 Å². The standard InChI is InChI=1S/C14H10BrNOS/c15-13-9-8-12(18-13)14(17)16-10-4-7-11-5-2-1-3-6-11/h1-3,5-6,8-9H,10H2,(H,16,17). The van der Waals surface area contributed by atoms with Crippen molar-refractivity contribution in [2.75, 3.05) is 6.54 Å². The Labute approximate surface area is 118 Å². The average molecular weight is 320 g/mol.